The van der Waals surface area contributed by atoms with Crippen molar-refractivity contribution in [3.8, 4) is 5.75 Å². The van der Waals surface area contributed by atoms with Gasteiger partial charge >= 0.3 is 5.97 Å². The van der Waals surface area contributed by atoms with Gasteiger partial charge in [-0.25, -0.2) is 0 Å². The lowest BCUT2D eigenvalue weighted by Crippen LogP contribution is -2.48. The largest absolute Gasteiger partial charge is 0.478 e. The lowest BCUT2D eigenvalue weighted by atomic mass is 10.1. The summed E-state index contributed by atoms with van der Waals surface area (Å²) in [6.07, 6.45) is 1.11. The number of anilines is 1. The number of rotatable bonds is 8. The molecule has 0 N–H and O–H groups in total. The molecule has 0 aliphatic carbocycles. The Labute approximate surface area is 168 Å². The monoisotopic (exact) mass is 398 g/mol. The lowest BCUT2D eigenvalue weighted by Gasteiger charge is -2.33. The van der Waals surface area contributed by atoms with Gasteiger partial charge < -0.3 is 9.47 Å². The summed E-state index contributed by atoms with van der Waals surface area (Å²) in [7, 11) is 0. The maximum atomic E-state index is 12.7. The molecule has 0 saturated carbocycles. The van der Waals surface area contributed by atoms with Crippen molar-refractivity contribution in [1.29, 1.82) is 0 Å². The average Bonchev–Trinajstić information content (AvgIpc) is 2.73. The fourth-order valence-corrected chi connectivity index (χ4v) is 3.13. The second kappa shape index (κ2) is 9.18. The third-order valence-electron chi connectivity index (χ3n) is 4.63. The van der Waals surface area contributed by atoms with E-state index in [4.69, 9.17) is 9.47 Å². The Morgan fingerprint density at radius 2 is 2.00 bits per heavy atom. The van der Waals surface area contributed by atoms with Crippen LogP contribution < -0.4 is 9.64 Å². The number of esters is 1. The molecule has 0 radical (unpaired) electrons. The molecular weight excluding hydrogens is 376 g/mol. The Hall–Kier alpha value is -3.42. The highest BCUT2D eigenvalue weighted by Gasteiger charge is 2.35. The first-order valence-electron chi connectivity index (χ1n) is 9.45. The Morgan fingerprint density at radius 3 is 2.69 bits per heavy atom. The van der Waals surface area contributed by atoms with Gasteiger partial charge in [-0.2, -0.15) is 0 Å². The summed E-state index contributed by atoms with van der Waals surface area (Å²) in [5.74, 6) is -0.652. The predicted molar refractivity (Wildman–Crippen MR) is 106 cm³/mol. The molecule has 1 atom stereocenters. The van der Waals surface area contributed by atoms with Gasteiger partial charge in [-0.05, 0) is 30.9 Å². The molecule has 1 heterocycles. The number of aryl methyl sites for hydroxylation is 1. The number of fused-ring (bicyclic) bond motifs is 1. The SMILES string of the molecule is CCC1Oc2ccc([N+](=O)[O-])cc2N(CC(=O)OCCCc2ccccc2)C1=O. The molecule has 152 valence electrons. The van der Waals surface area contributed by atoms with Gasteiger partial charge in [0.2, 0.25) is 0 Å². The molecule has 1 aliphatic rings. The van der Waals surface area contributed by atoms with Crippen LogP contribution in [0.1, 0.15) is 25.3 Å². The summed E-state index contributed by atoms with van der Waals surface area (Å²) < 4.78 is 10.9. The van der Waals surface area contributed by atoms with Crippen molar-refractivity contribution in [2.75, 3.05) is 18.1 Å². The van der Waals surface area contributed by atoms with Gasteiger partial charge in [0.15, 0.2) is 6.10 Å². The quantitative estimate of drug-likeness (QED) is 0.293. The second-order valence-corrected chi connectivity index (χ2v) is 6.66. The van der Waals surface area contributed by atoms with E-state index in [2.05, 4.69) is 0 Å². The third kappa shape index (κ3) is 4.90. The number of non-ortho nitro benzene ring substituents is 1. The molecule has 0 fully saturated rings. The molecule has 8 nitrogen and oxygen atoms in total. The molecule has 0 aromatic heterocycles. The van der Waals surface area contributed by atoms with Crippen LogP contribution in [0.15, 0.2) is 48.5 Å². The van der Waals surface area contributed by atoms with Gasteiger partial charge in [-0.3, -0.25) is 24.6 Å². The molecule has 2 aromatic carbocycles. The molecule has 29 heavy (non-hydrogen) atoms. The van der Waals surface area contributed by atoms with Crippen molar-refractivity contribution in [2.45, 2.75) is 32.3 Å². The van der Waals surface area contributed by atoms with Crippen LogP contribution in [0.4, 0.5) is 11.4 Å². The number of hydrogen-bond acceptors (Lipinski definition) is 6. The number of ether oxygens (including phenoxy) is 2. The van der Waals surface area contributed by atoms with Gasteiger partial charge in [0.05, 0.1) is 17.2 Å². The zero-order chi connectivity index (χ0) is 20.8. The fraction of sp³-hybridized carbons (Fsp3) is 0.333. The van der Waals surface area contributed by atoms with Crippen LogP contribution in [0.2, 0.25) is 0 Å². The smallest absolute Gasteiger partial charge is 0.326 e. The Morgan fingerprint density at radius 1 is 1.24 bits per heavy atom. The minimum absolute atomic E-state index is 0.184. The summed E-state index contributed by atoms with van der Waals surface area (Å²) in [6, 6.07) is 13.8. The lowest BCUT2D eigenvalue weighted by molar-refractivity contribution is -0.384. The molecule has 1 aliphatic heterocycles. The highest BCUT2D eigenvalue weighted by atomic mass is 16.6. The molecular formula is C21H22N2O6. The molecule has 1 amide bonds. The molecule has 0 spiro atoms. The number of carbonyl (C=O) groups is 2. The summed E-state index contributed by atoms with van der Waals surface area (Å²) in [5.41, 5.74) is 1.17. The van der Waals surface area contributed by atoms with Crippen molar-refractivity contribution in [3.05, 3.63) is 64.2 Å². The normalized spacial score (nSPS) is 15.4. The Bertz CT molecular complexity index is 899. The van der Waals surface area contributed by atoms with Crippen LogP contribution in [0.5, 0.6) is 5.75 Å². The topological polar surface area (TPSA) is 99.0 Å². The zero-order valence-corrected chi connectivity index (χ0v) is 16.1. The summed E-state index contributed by atoms with van der Waals surface area (Å²) in [6.45, 7) is 1.70. The van der Waals surface area contributed by atoms with E-state index in [1.165, 1.54) is 23.1 Å². The van der Waals surface area contributed by atoms with Crippen LogP contribution in [0.3, 0.4) is 0 Å². The standard InChI is InChI=1S/C21H22N2O6/c1-2-18-21(25)22(17-13-16(23(26)27)10-11-19(17)29-18)14-20(24)28-12-6-9-15-7-4-3-5-8-15/h3-5,7-8,10-11,13,18H,2,6,9,12,14H2,1H3. The number of amides is 1. The van der Waals surface area contributed by atoms with Crippen molar-refractivity contribution < 1.29 is 24.0 Å². The molecule has 0 bridgehead atoms. The zero-order valence-electron chi connectivity index (χ0n) is 16.1. The van der Waals surface area contributed by atoms with Crippen LogP contribution in [0.25, 0.3) is 0 Å². The van der Waals surface area contributed by atoms with E-state index in [9.17, 15) is 19.7 Å². The van der Waals surface area contributed by atoms with Gasteiger partial charge in [0.1, 0.15) is 12.3 Å². The fourth-order valence-electron chi connectivity index (χ4n) is 3.13. The number of carbonyl (C=O) groups excluding carboxylic acids is 2. The Kier molecular flexibility index (Phi) is 6.43. The molecule has 8 heteroatoms. The Balaban J connectivity index is 1.65. The van der Waals surface area contributed by atoms with Gasteiger partial charge in [-0.15, -0.1) is 0 Å². The molecule has 3 rings (SSSR count). The van der Waals surface area contributed by atoms with Crippen LogP contribution in [-0.2, 0) is 20.7 Å². The maximum Gasteiger partial charge on any atom is 0.326 e. The highest BCUT2D eigenvalue weighted by molar-refractivity contribution is 6.03. The van der Waals surface area contributed by atoms with E-state index >= 15 is 0 Å². The van der Waals surface area contributed by atoms with Crippen LogP contribution in [0, 0.1) is 10.1 Å². The second-order valence-electron chi connectivity index (χ2n) is 6.66. The van der Waals surface area contributed by atoms with E-state index in [-0.39, 0.29) is 24.5 Å². The van der Waals surface area contributed by atoms with E-state index in [1.807, 2.05) is 30.3 Å². The van der Waals surface area contributed by atoms with Gasteiger partial charge in [0, 0.05) is 12.1 Å². The first kappa shape index (κ1) is 20.3. The molecule has 1 unspecified atom stereocenters. The van der Waals surface area contributed by atoms with Gasteiger partial charge in [-0.1, -0.05) is 37.3 Å². The molecule has 0 saturated heterocycles. The predicted octanol–water partition coefficient (Wildman–Crippen LogP) is 3.27. The number of hydrogen-bond donors (Lipinski definition) is 0. The minimum Gasteiger partial charge on any atom is -0.478 e. The highest BCUT2D eigenvalue weighted by Crippen LogP contribution is 2.37. The number of nitro benzene ring substituents is 1. The first-order valence-corrected chi connectivity index (χ1v) is 9.45. The van der Waals surface area contributed by atoms with Gasteiger partial charge in [0.25, 0.3) is 11.6 Å². The molecule has 2 aromatic rings. The first-order chi connectivity index (χ1) is 14.0. The summed E-state index contributed by atoms with van der Waals surface area (Å²) in [5, 5.41) is 11.1. The van der Waals surface area contributed by atoms with Crippen molar-refractivity contribution in [3.63, 3.8) is 0 Å². The van der Waals surface area contributed by atoms with E-state index in [0.717, 1.165) is 12.0 Å². The van der Waals surface area contributed by atoms with Crippen molar-refractivity contribution >= 4 is 23.3 Å². The minimum atomic E-state index is -0.741. The number of nitrogens with zero attached hydrogens (tertiary/aromatic N) is 2. The van der Waals surface area contributed by atoms with E-state index < -0.39 is 22.9 Å². The van der Waals surface area contributed by atoms with Crippen LogP contribution >= 0.6 is 0 Å². The van der Waals surface area contributed by atoms with E-state index in [1.54, 1.807) is 6.92 Å². The maximum absolute atomic E-state index is 12.7. The summed E-state index contributed by atoms with van der Waals surface area (Å²) in [4.78, 5) is 36.7. The van der Waals surface area contributed by atoms with Crippen molar-refractivity contribution in [2.24, 2.45) is 0 Å². The van der Waals surface area contributed by atoms with E-state index in [0.29, 0.717) is 18.6 Å². The summed E-state index contributed by atoms with van der Waals surface area (Å²) >= 11 is 0. The van der Waals surface area contributed by atoms with Crippen LogP contribution in [-0.4, -0.2) is 36.1 Å². The number of nitro groups is 1. The number of benzene rings is 2. The third-order valence-corrected chi connectivity index (χ3v) is 4.63. The van der Waals surface area contributed by atoms with Crippen molar-refractivity contribution in [1.82, 2.24) is 0 Å². The average molecular weight is 398 g/mol.